The molecule has 0 radical (unpaired) electrons. The molecule has 0 unspecified atom stereocenters. The quantitative estimate of drug-likeness (QED) is 0.759. The molecular formula is C16H24BrN3O. The predicted octanol–water partition coefficient (Wildman–Crippen LogP) is 2.34. The van der Waals surface area contributed by atoms with E-state index >= 15 is 0 Å². The number of ketones is 1. The van der Waals surface area contributed by atoms with E-state index in [9.17, 15) is 4.79 Å². The molecule has 0 atom stereocenters. The van der Waals surface area contributed by atoms with Crippen molar-refractivity contribution in [2.75, 3.05) is 58.3 Å². The molecule has 0 bridgehead atoms. The molecule has 21 heavy (non-hydrogen) atoms. The molecule has 1 aliphatic rings. The molecule has 0 saturated carbocycles. The van der Waals surface area contributed by atoms with Crippen LogP contribution in [0.25, 0.3) is 0 Å². The molecule has 0 spiro atoms. The lowest BCUT2D eigenvalue weighted by Crippen LogP contribution is -2.48. The van der Waals surface area contributed by atoms with Gasteiger partial charge in [-0.2, -0.15) is 0 Å². The number of Topliss-reactive ketones (excluding diaryl/α,β-unsaturated/α-hetero) is 1. The van der Waals surface area contributed by atoms with E-state index in [0.29, 0.717) is 0 Å². The van der Waals surface area contributed by atoms with E-state index in [1.807, 2.05) is 12.1 Å². The average molecular weight is 354 g/mol. The number of halogens is 1. The van der Waals surface area contributed by atoms with Crippen LogP contribution in [0.15, 0.2) is 22.7 Å². The Balaban J connectivity index is 1.94. The Morgan fingerprint density at radius 2 is 1.90 bits per heavy atom. The van der Waals surface area contributed by atoms with Crippen molar-refractivity contribution in [3.05, 3.63) is 28.2 Å². The molecule has 1 fully saturated rings. The summed E-state index contributed by atoms with van der Waals surface area (Å²) in [5.41, 5.74) is 1.95. The molecule has 1 aromatic rings. The Morgan fingerprint density at radius 3 is 2.43 bits per heavy atom. The van der Waals surface area contributed by atoms with Crippen molar-refractivity contribution in [1.29, 1.82) is 0 Å². The maximum absolute atomic E-state index is 11.4. The Bertz CT molecular complexity index is 496. The minimum Gasteiger partial charge on any atom is -0.368 e. The van der Waals surface area contributed by atoms with E-state index in [1.165, 1.54) is 5.69 Å². The fourth-order valence-corrected chi connectivity index (χ4v) is 3.17. The molecule has 1 heterocycles. The smallest absolute Gasteiger partial charge is 0.159 e. The summed E-state index contributed by atoms with van der Waals surface area (Å²) < 4.78 is 1.01. The molecule has 1 aromatic carbocycles. The third-order valence-corrected chi connectivity index (χ3v) is 4.57. The number of carbonyl (C=O) groups excluding carboxylic acids is 1. The number of likely N-dealkylation sites (N-methyl/N-ethyl adjacent to an activating group) is 1. The van der Waals surface area contributed by atoms with Gasteiger partial charge < -0.3 is 9.80 Å². The second kappa shape index (κ2) is 7.38. The minimum atomic E-state index is 0.107. The third kappa shape index (κ3) is 4.53. The van der Waals surface area contributed by atoms with Crippen LogP contribution in [-0.4, -0.2) is 68.9 Å². The SMILES string of the molecule is CC(=O)c1ccc(N2CCN(CCN(C)C)CC2)c(Br)c1. The van der Waals surface area contributed by atoms with Gasteiger partial charge in [0.1, 0.15) is 0 Å². The van der Waals surface area contributed by atoms with Crippen LogP contribution in [0.2, 0.25) is 0 Å². The third-order valence-electron chi connectivity index (χ3n) is 3.93. The van der Waals surface area contributed by atoms with Crippen LogP contribution in [0.3, 0.4) is 0 Å². The number of nitrogens with zero attached hydrogens (tertiary/aromatic N) is 3. The molecular weight excluding hydrogens is 330 g/mol. The molecule has 2 rings (SSSR count). The van der Waals surface area contributed by atoms with E-state index in [0.717, 1.165) is 49.3 Å². The monoisotopic (exact) mass is 353 g/mol. The number of rotatable bonds is 5. The van der Waals surface area contributed by atoms with Crippen molar-refractivity contribution in [2.24, 2.45) is 0 Å². The van der Waals surface area contributed by atoms with Crippen molar-refractivity contribution >= 4 is 27.4 Å². The van der Waals surface area contributed by atoms with Crippen molar-refractivity contribution in [2.45, 2.75) is 6.92 Å². The van der Waals surface area contributed by atoms with Gasteiger partial charge in [0.15, 0.2) is 5.78 Å². The molecule has 0 aromatic heterocycles. The number of piperazine rings is 1. The highest BCUT2D eigenvalue weighted by Crippen LogP contribution is 2.28. The second-order valence-corrected chi connectivity index (χ2v) is 6.71. The molecule has 0 amide bonds. The Hall–Kier alpha value is -0.910. The summed E-state index contributed by atoms with van der Waals surface area (Å²) in [6.45, 7) is 8.09. The van der Waals surface area contributed by atoms with Crippen molar-refractivity contribution in [1.82, 2.24) is 9.80 Å². The van der Waals surface area contributed by atoms with Gasteiger partial charge in [0.05, 0.1) is 5.69 Å². The fraction of sp³-hybridized carbons (Fsp3) is 0.562. The van der Waals surface area contributed by atoms with E-state index < -0.39 is 0 Å². The summed E-state index contributed by atoms with van der Waals surface area (Å²) in [4.78, 5) is 18.5. The van der Waals surface area contributed by atoms with Crippen molar-refractivity contribution in [3.8, 4) is 0 Å². The second-order valence-electron chi connectivity index (χ2n) is 5.85. The van der Waals surface area contributed by atoms with Crippen molar-refractivity contribution in [3.63, 3.8) is 0 Å². The van der Waals surface area contributed by atoms with E-state index in [4.69, 9.17) is 0 Å². The molecule has 116 valence electrons. The van der Waals surface area contributed by atoms with Crippen LogP contribution in [0.5, 0.6) is 0 Å². The normalized spacial score (nSPS) is 16.5. The first-order valence-corrected chi connectivity index (χ1v) is 8.19. The Morgan fingerprint density at radius 1 is 1.24 bits per heavy atom. The first kappa shape index (κ1) is 16.5. The number of benzene rings is 1. The molecule has 1 aliphatic heterocycles. The number of carbonyl (C=O) groups is 1. The van der Waals surface area contributed by atoms with Gasteiger partial charge in [0.2, 0.25) is 0 Å². The highest BCUT2D eigenvalue weighted by atomic mass is 79.9. The Labute approximate surface area is 135 Å². The van der Waals surface area contributed by atoms with E-state index in [1.54, 1.807) is 6.92 Å². The number of anilines is 1. The van der Waals surface area contributed by atoms with Crippen LogP contribution in [0, 0.1) is 0 Å². The van der Waals surface area contributed by atoms with Crippen LogP contribution >= 0.6 is 15.9 Å². The number of hydrogen-bond acceptors (Lipinski definition) is 4. The van der Waals surface area contributed by atoms with Gasteiger partial charge >= 0.3 is 0 Å². The summed E-state index contributed by atoms with van der Waals surface area (Å²) in [5, 5.41) is 0. The first-order chi connectivity index (χ1) is 9.97. The Kier molecular flexibility index (Phi) is 5.79. The lowest BCUT2D eigenvalue weighted by atomic mass is 10.1. The summed E-state index contributed by atoms with van der Waals surface area (Å²) >= 11 is 3.60. The van der Waals surface area contributed by atoms with Gasteiger partial charge in [-0.25, -0.2) is 0 Å². The van der Waals surface area contributed by atoms with Gasteiger partial charge in [-0.3, -0.25) is 9.69 Å². The predicted molar refractivity (Wildman–Crippen MR) is 91.4 cm³/mol. The van der Waals surface area contributed by atoms with Gasteiger partial charge in [0.25, 0.3) is 0 Å². The zero-order chi connectivity index (χ0) is 15.4. The van der Waals surface area contributed by atoms with E-state index in [2.05, 4.69) is 50.8 Å². The standard InChI is InChI=1S/C16H24BrN3O/c1-13(21)14-4-5-16(15(17)12-14)20-10-8-19(9-11-20)7-6-18(2)3/h4-5,12H,6-11H2,1-3H3. The molecule has 1 saturated heterocycles. The number of hydrogen-bond donors (Lipinski definition) is 0. The highest BCUT2D eigenvalue weighted by molar-refractivity contribution is 9.10. The first-order valence-electron chi connectivity index (χ1n) is 7.40. The maximum Gasteiger partial charge on any atom is 0.159 e. The molecule has 5 heteroatoms. The molecule has 0 N–H and O–H groups in total. The zero-order valence-electron chi connectivity index (χ0n) is 13.1. The van der Waals surface area contributed by atoms with Gasteiger partial charge in [0, 0.05) is 49.3 Å². The average Bonchev–Trinajstić information content (AvgIpc) is 2.45. The largest absolute Gasteiger partial charge is 0.368 e. The van der Waals surface area contributed by atoms with Crippen LogP contribution < -0.4 is 4.90 Å². The fourth-order valence-electron chi connectivity index (χ4n) is 2.54. The summed E-state index contributed by atoms with van der Waals surface area (Å²) in [6, 6.07) is 5.90. The summed E-state index contributed by atoms with van der Waals surface area (Å²) in [5.74, 6) is 0.107. The lowest BCUT2D eigenvalue weighted by Gasteiger charge is -2.37. The maximum atomic E-state index is 11.4. The lowest BCUT2D eigenvalue weighted by molar-refractivity contribution is 0.101. The van der Waals surface area contributed by atoms with Gasteiger partial charge in [-0.15, -0.1) is 0 Å². The van der Waals surface area contributed by atoms with Gasteiger partial charge in [-0.1, -0.05) is 0 Å². The van der Waals surface area contributed by atoms with Crippen LogP contribution in [0.1, 0.15) is 17.3 Å². The topological polar surface area (TPSA) is 26.8 Å². The summed E-state index contributed by atoms with van der Waals surface area (Å²) in [6.07, 6.45) is 0. The van der Waals surface area contributed by atoms with E-state index in [-0.39, 0.29) is 5.78 Å². The highest BCUT2D eigenvalue weighted by Gasteiger charge is 2.19. The molecule has 4 nitrogen and oxygen atoms in total. The zero-order valence-corrected chi connectivity index (χ0v) is 14.7. The van der Waals surface area contributed by atoms with Gasteiger partial charge in [-0.05, 0) is 55.1 Å². The van der Waals surface area contributed by atoms with Crippen LogP contribution in [0.4, 0.5) is 5.69 Å². The summed E-state index contributed by atoms with van der Waals surface area (Å²) in [7, 11) is 4.23. The van der Waals surface area contributed by atoms with Crippen LogP contribution in [-0.2, 0) is 0 Å². The minimum absolute atomic E-state index is 0.107. The molecule has 0 aliphatic carbocycles. The van der Waals surface area contributed by atoms with Crippen molar-refractivity contribution < 1.29 is 4.79 Å².